The molecule has 0 radical (unpaired) electrons. The first kappa shape index (κ1) is 22.8. The lowest BCUT2D eigenvalue weighted by atomic mass is 10.1. The minimum absolute atomic E-state index is 0.00287. The highest BCUT2D eigenvalue weighted by Crippen LogP contribution is 2.19. The van der Waals surface area contributed by atoms with Crippen LogP contribution in [0.25, 0.3) is 0 Å². The highest BCUT2D eigenvalue weighted by molar-refractivity contribution is 5.88. The topological polar surface area (TPSA) is 58.6 Å². The summed E-state index contributed by atoms with van der Waals surface area (Å²) in [6.07, 6.45) is 5.03. The fourth-order valence-corrected chi connectivity index (χ4v) is 3.83. The summed E-state index contributed by atoms with van der Waals surface area (Å²) in [5, 5.41) is 3.03. The lowest BCUT2D eigenvalue weighted by Gasteiger charge is -2.29. The Bertz CT molecular complexity index is 879. The Labute approximate surface area is 183 Å². The van der Waals surface area contributed by atoms with Crippen molar-refractivity contribution in [1.82, 2.24) is 10.2 Å². The van der Waals surface area contributed by atoms with E-state index in [1.165, 1.54) is 16.5 Å². The van der Waals surface area contributed by atoms with Gasteiger partial charge in [0.2, 0.25) is 5.91 Å². The molecule has 1 N–H and O–H groups in total. The SMILES string of the molecule is CCc1ccc(OCC(=O)N(Cc2ccccc2F)[C@@H](C)C(=O)NC2CCCC2)cc1. The first-order valence-corrected chi connectivity index (χ1v) is 11.0. The van der Waals surface area contributed by atoms with Crippen molar-refractivity contribution in [3.8, 4) is 5.75 Å². The van der Waals surface area contributed by atoms with Crippen LogP contribution < -0.4 is 10.1 Å². The summed E-state index contributed by atoms with van der Waals surface area (Å²) in [6.45, 7) is 3.53. The predicted molar refractivity (Wildman–Crippen MR) is 118 cm³/mol. The van der Waals surface area contributed by atoms with Crippen LogP contribution in [-0.2, 0) is 22.6 Å². The Balaban J connectivity index is 1.70. The molecule has 3 rings (SSSR count). The molecule has 5 nitrogen and oxygen atoms in total. The van der Waals surface area contributed by atoms with Gasteiger partial charge < -0.3 is 15.0 Å². The largest absolute Gasteiger partial charge is 0.484 e. The number of ether oxygens (including phenoxy) is 1. The average Bonchev–Trinajstić information content (AvgIpc) is 3.30. The monoisotopic (exact) mass is 426 g/mol. The van der Waals surface area contributed by atoms with Gasteiger partial charge in [-0.1, -0.05) is 50.1 Å². The lowest BCUT2D eigenvalue weighted by molar-refractivity contribution is -0.142. The molecule has 0 aliphatic heterocycles. The molecule has 0 heterocycles. The van der Waals surface area contributed by atoms with Crippen LogP contribution in [0.15, 0.2) is 48.5 Å². The van der Waals surface area contributed by atoms with Gasteiger partial charge >= 0.3 is 0 Å². The van der Waals surface area contributed by atoms with Crippen LogP contribution in [0.4, 0.5) is 4.39 Å². The summed E-state index contributed by atoms with van der Waals surface area (Å²) >= 11 is 0. The second kappa shape index (κ2) is 10.9. The maximum absolute atomic E-state index is 14.3. The summed E-state index contributed by atoms with van der Waals surface area (Å²) in [6, 6.07) is 13.3. The Kier molecular flexibility index (Phi) is 8.04. The van der Waals surface area contributed by atoms with E-state index in [0.717, 1.165) is 32.1 Å². The van der Waals surface area contributed by atoms with E-state index in [1.807, 2.05) is 24.3 Å². The number of hydrogen-bond donors (Lipinski definition) is 1. The fourth-order valence-electron chi connectivity index (χ4n) is 3.83. The standard InChI is InChI=1S/C25H31FN2O3/c1-3-19-12-14-22(15-13-19)31-17-24(29)28(16-20-8-4-7-11-23(20)26)18(2)25(30)27-21-9-5-6-10-21/h4,7-8,11-15,18,21H,3,5-6,9-10,16-17H2,1-2H3,(H,27,30)/t18-/m0/s1. The van der Waals surface area contributed by atoms with Gasteiger partial charge in [0.1, 0.15) is 17.6 Å². The third-order valence-electron chi connectivity index (χ3n) is 5.86. The Morgan fingerprint density at radius 3 is 2.45 bits per heavy atom. The maximum Gasteiger partial charge on any atom is 0.261 e. The third-order valence-corrected chi connectivity index (χ3v) is 5.86. The summed E-state index contributed by atoms with van der Waals surface area (Å²) < 4.78 is 19.9. The zero-order valence-electron chi connectivity index (χ0n) is 18.3. The summed E-state index contributed by atoms with van der Waals surface area (Å²) in [5.41, 5.74) is 1.54. The lowest BCUT2D eigenvalue weighted by Crippen LogP contribution is -2.50. The third kappa shape index (κ3) is 6.29. The van der Waals surface area contributed by atoms with Crippen LogP contribution in [0.1, 0.15) is 50.7 Å². The summed E-state index contributed by atoms with van der Waals surface area (Å²) in [4.78, 5) is 27.3. The Hall–Kier alpha value is -2.89. The molecule has 2 amide bonds. The van der Waals surface area contributed by atoms with Crippen molar-refractivity contribution in [2.75, 3.05) is 6.61 Å². The first-order chi connectivity index (χ1) is 15.0. The van der Waals surface area contributed by atoms with E-state index in [2.05, 4.69) is 12.2 Å². The normalized spacial score (nSPS) is 14.8. The zero-order valence-corrected chi connectivity index (χ0v) is 18.3. The molecule has 0 spiro atoms. The molecule has 1 aliphatic rings. The second-order valence-corrected chi connectivity index (χ2v) is 8.07. The quantitative estimate of drug-likeness (QED) is 0.652. The Morgan fingerprint density at radius 2 is 1.81 bits per heavy atom. The number of nitrogens with zero attached hydrogens (tertiary/aromatic N) is 1. The molecule has 2 aromatic rings. The van der Waals surface area contributed by atoms with Crippen LogP contribution in [0, 0.1) is 5.82 Å². The summed E-state index contributed by atoms with van der Waals surface area (Å²) in [7, 11) is 0. The first-order valence-electron chi connectivity index (χ1n) is 11.0. The minimum atomic E-state index is -0.737. The van der Waals surface area contributed by atoms with Crippen LogP contribution in [0.5, 0.6) is 5.75 Å². The van der Waals surface area contributed by atoms with Crippen LogP contribution in [-0.4, -0.2) is 35.4 Å². The van der Waals surface area contributed by atoms with Crippen molar-refractivity contribution < 1.29 is 18.7 Å². The van der Waals surface area contributed by atoms with E-state index >= 15 is 0 Å². The molecule has 166 valence electrons. The highest BCUT2D eigenvalue weighted by atomic mass is 19.1. The number of halogens is 1. The minimum Gasteiger partial charge on any atom is -0.484 e. The van der Waals surface area contributed by atoms with E-state index in [-0.39, 0.29) is 31.0 Å². The molecular weight excluding hydrogens is 395 g/mol. The molecule has 6 heteroatoms. The molecule has 0 bridgehead atoms. The zero-order chi connectivity index (χ0) is 22.2. The molecule has 0 unspecified atom stereocenters. The smallest absolute Gasteiger partial charge is 0.261 e. The maximum atomic E-state index is 14.3. The van der Waals surface area contributed by atoms with Crippen LogP contribution >= 0.6 is 0 Å². The molecule has 1 saturated carbocycles. The number of carbonyl (C=O) groups excluding carboxylic acids is 2. The number of benzene rings is 2. The molecule has 1 atom stereocenters. The van der Waals surface area contributed by atoms with E-state index < -0.39 is 11.9 Å². The van der Waals surface area contributed by atoms with Gasteiger partial charge in [0.05, 0.1) is 0 Å². The predicted octanol–water partition coefficient (Wildman–Crippen LogP) is 4.24. The molecule has 0 aromatic heterocycles. The van der Waals surface area contributed by atoms with Gasteiger partial charge in [-0.3, -0.25) is 9.59 Å². The van der Waals surface area contributed by atoms with Gasteiger partial charge in [0.25, 0.3) is 5.91 Å². The molecule has 0 saturated heterocycles. The van der Waals surface area contributed by atoms with Gasteiger partial charge in [-0.2, -0.15) is 0 Å². The second-order valence-electron chi connectivity index (χ2n) is 8.07. The number of rotatable bonds is 9. The van der Waals surface area contributed by atoms with Crippen LogP contribution in [0.2, 0.25) is 0 Å². The van der Waals surface area contributed by atoms with E-state index in [0.29, 0.717) is 11.3 Å². The van der Waals surface area contributed by atoms with Crippen LogP contribution in [0.3, 0.4) is 0 Å². The Morgan fingerprint density at radius 1 is 1.13 bits per heavy atom. The number of nitrogens with one attached hydrogen (secondary N) is 1. The van der Waals surface area contributed by atoms with Gasteiger partial charge in [-0.05, 0) is 49.9 Å². The van der Waals surface area contributed by atoms with Crippen molar-refractivity contribution in [3.63, 3.8) is 0 Å². The van der Waals surface area contributed by atoms with Gasteiger partial charge in [-0.15, -0.1) is 0 Å². The molecule has 2 aromatic carbocycles. The van der Waals surface area contributed by atoms with Crippen molar-refractivity contribution in [2.24, 2.45) is 0 Å². The van der Waals surface area contributed by atoms with E-state index in [1.54, 1.807) is 25.1 Å². The van der Waals surface area contributed by atoms with Crippen molar-refractivity contribution in [3.05, 3.63) is 65.5 Å². The van der Waals surface area contributed by atoms with Gasteiger partial charge in [-0.25, -0.2) is 4.39 Å². The molecule has 1 fully saturated rings. The molecular formula is C25H31FN2O3. The number of amides is 2. The molecule has 31 heavy (non-hydrogen) atoms. The molecule has 1 aliphatic carbocycles. The number of hydrogen-bond acceptors (Lipinski definition) is 3. The highest BCUT2D eigenvalue weighted by Gasteiger charge is 2.29. The number of carbonyl (C=O) groups is 2. The average molecular weight is 427 g/mol. The van der Waals surface area contributed by atoms with E-state index in [9.17, 15) is 14.0 Å². The van der Waals surface area contributed by atoms with Crippen molar-refractivity contribution >= 4 is 11.8 Å². The number of aryl methyl sites for hydroxylation is 1. The van der Waals surface area contributed by atoms with E-state index in [4.69, 9.17) is 4.74 Å². The van der Waals surface area contributed by atoms with Crippen molar-refractivity contribution in [2.45, 2.75) is 64.6 Å². The van der Waals surface area contributed by atoms with Gasteiger partial charge in [0.15, 0.2) is 6.61 Å². The van der Waals surface area contributed by atoms with Gasteiger partial charge in [0, 0.05) is 18.2 Å². The van der Waals surface area contributed by atoms with Crippen molar-refractivity contribution in [1.29, 1.82) is 0 Å². The summed E-state index contributed by atoms with van der Waals surface area (Å²) in [5.74, 6) is -0.403. The fraction of sp³-hybridized carbons (Fsp3) is 0.440.